The van der Waals surface area contributed by atoms with Gasteiger partial charge in [0.15, 0.2) is 0 Å². The summed E-state index contributed by atoms with van der Waals surface area (Å²) >= 11 is 0. The van der Waals surface area contributed by atoms with Crippen molar-refractivity contribution in [1.82, 2.24) is 4.57 Å². The Hall–Kier alpha value is -4.12. The standard InChI is InChI=1S/C26H21N3O2/c30-21-13-9-19(10-14-21)27-28-20-11-15-22(16-12-20)31-18-17-29-25-7-3-1-5-23(25)24-6-2-4-8-26(24)29/h1-16,30H,17-18H2/b28-27+. The van der Waals surface area contributed by atoms with Gasteiger partial charge in [-0.15, -0.1) is 0 Å². The third kappa shape index (κ3) is 3.98. The van der Waals surface area contributed by atoms with Gasteiger partial charge in [-0.05, 0) is 60.7 Å². The van der Waals surface area contributed by atoms with Gasteiger partial charge in [0, 0.05) is 21.8 Å². The molecule has 0 aliphatic heterocycles. The number of nitrogens with zero attached hydrogens (tertiary/aromatic N) is 3. The van der Waals surface area contributed by atoms with E-state index in [0.717, 1.165) is 18.0 Å². The van der Waals surface area contributed by atoms with Gasteiger partial charge in [0.05, 0.1) is 17.9 Å². The summed E-state index contributed by atoms with van der Waals surface area (Å²) in [6, 6.07) is 31.1. The van der Waals surface area contributed by atoms with E-state index in [1.54, 1.807) is 24.3 Å². The number of aromatic hydroxyl groups is 1. The fourth-order valence-corrected chi connectivity index (χ4v) is 3.74. The fourth-order valence-electron chi connectivity index (χ4n) is 3.74. The monoisotopic (exact) mass is 407 g/mol. The summed E-state index contributed by atoms with van der Waals surface area (Å²) < 4.78 is 8.30. The fraction of sp³-hybridized carbons (Fsp3) is 0.0769. The van der Waals surface area contributed by atoms with E-state index in [-0.39, 0.29) is 5.75 Å². The second-order valence-electron chi connectivity index (χ2n) is 7.24. The molecular formula is C26H21N3O2. The van der Waals surface area contributed by atoms with Crippen LogP contribution < -0.4 is 4.74 Å². The number of para-hydroxylation sites is 2. The minimum absolute atomic E-state index is 0.210. The van der Waals surface area contributed by atoms with Gasteiger partial charge < -0.3 is 14.4 Å². The molecule has 0 amide bonds. The Balaban J connectivity index is 1.26. The summed E-state index contributed by atoms with van der Waals surface area (Å²) in [5.74, 6) is 1.01. The molecule has 5 aromatic rings. The van der Waals surface area contributed by atoms with E-state index in [1.807, 2.05) is 24.3 Å². The Bertz CT molecular complexity index is 1300. The number of benzene rings is 4. The van der Waals surface area contributed by atoms with Gasteiger partial charge in [-0.25, -0.2) is 0 Å². The van der Waals surface area contributed by atoms with Crippen LogP contribution in [0, 0.1) is 0 Å². The summed E-state index contributed by atoms with van der Waals surface area (Å²) in [6.07, 6.45) is 0. The first-order chi connectivity index (χ1) is 15.3. The topological polar surface area (TPSA) is 59.1 Å². The number of phenols is 1. The van der Waals surface area contributed by atoms with Crippen molar-refractivity contribution >= 4 is 33.2 Å². The second-order valence-corrected chi connectivity index (χ2v) is 7.24. The van der Waals surface area contributed by atoms with Gasteiger partial charge in [-0.2, -0.15) is 10.2 Å². The molecule has 1 N–H and O–H groups in total. The summed E-state index contributed by atoms with van der Waals surface area (Å²) in [6.45, 7) is 1.33. The summed E-state index contributed by atoms with van der Waals surface area (Å²) in [5.41, 5.74) is 3.86. The summed E-state index contributed by atoms with van der Waals surface area (Å²) in [5, 5.41) is 20.2. The Morgan fingerprint density at radius 3 is 1.74 bits per heavy atom. The van der Waals surface area contributed by atoms with Crippen LogP contribution >= 0.6 is 0 Å². The van der Waals surface area contributed by atoms with E-state index in [2.05, 4.69) is 63.3 Å². The van der Waals surface area contributed by atoms with Crippen molar-refractivity contribution in [3.63, 3.8) is 0 Å². The third-order valence-corrected chi connectivity index (χ3v) is 5.23. The van der Waals surface area contributed by atoms with Crippen LogP contribution in [0.5, 0.6) is 11.5 Å². The number of aromatic nitrogens is 1. The first-order valence-electron chi connectivity index (χ1n) is 10.2. The normalized spacial score (nSPS) is 11.5. The van der Waals surface area contributed by atoms with E-state index in [0.29, 0.717) is 12.3 Å². The van der Waals surface area contributed by atoms with Crippen LogP contribution in [0.15, 0.2) is 107 Å². The molecule has 5 rings (SSSR count). The number of azo groups is 1. The third-order valence-electron chi connectivity index (χ3n) is 5.23. The highest BCUT2D eigenvalue weighted by molar-refractivity contribution is 6.07. The van der Waals surface area contributed by atoms with Crippen molar-refractivity contribution < 1.29 is 9.84 Å². The highest BCUT2D eigenvalue weighted by Gasteiger charge is 2.09. The maximum atomic E-state index is 9.32. The van der Waals surface area contributed by atoms with Crippen molar-refractivity contribution in [2.75, 3.05) is 6.61 Å². The number of phenolic OH excluding ortho intramolecular Hbond substituents is 1. The predicted octanol–water partition coefficient (Wildman–Crippen LogP) is 6.99. The zero-order valence-electron chi connectivity index (χ0n) is 16.8. The molecule has 5 nitrogen and oxygen atoms in total. The number of ether oxygens (including phenoxy) is 1. The van der Waals surface area contributed by atoms with Gasteiger partial charge in [-0.1, -0.05) is 36.4 Å². The first-order valence-corrected chi connectivity index (χ1v) is 10.2. The van der Waals surface area contributed by atoms with Crippen LogP contribution in [0.1, 0.15) is 0 Å². The van der Waals surface area contributed by atoms with Gasteiger partial charge >= 0.3 is 0 Å². The van der Waals surface area contributed by atoms with E-state index in [9.17, 15) is 5.11 Å². The minimum Gasteiger partial charge on any atom is -0.508 e. The van der Waals surface area contributed by atoms with E-state index in [4.69, 9.17) is 4.74 Å². The molecule has 0 fully saturated rings. The van der Waals surface area contributed by atoms with Crippen LogP contribution in [0.25, 0.3) is 21.8 Å². The van der Waals surface area contributed by atoms with Crippen LogP contribution in [0.4, 0.5) is 11.4 Å². The molecule has 0 spiro atoms. The number of fused-ring (bicyclic) bond motifs is 3. The van der Waals surface area contributed by atoms with Crippen molar-refractivity contribution in [3.8, 4) is 11.5 Å². The Labute approximate surface area is 179 Å². The van der Waals surface area contributed by atoms with Crippen LogP contribution in [0.3, 0.4) is 0 Å². The molecule has 5 heteroatoms. The van der Waals surface area contributed by atoms with Crippen LogP contribution in [-0.4, -0.2) is 16.3 Å². The highest BCUT2D eigenvalue weighted by Crippen LogP contribution is 2.29. The molecule has 0 bridgehead atoms. The number of hydrogen-bond donors (Lipinski definition) is 1. The second kappa shape index (κ2) is 8.32. The largest absolute Gasteiger partial charge is 0.508 e. The van der Waals surface area contributed by atoms with E-state index < -0.39 is 0 Å². The average molecular weight is 407 g/mol. The Morgan fingerprint density at radius 2 is 1.16 bits per heavy atom. The Morgan fingerprint density at radius 1 is 0.645 bits per heavy atom. The van der Waals surface area contributed by atoms with Gasteiger partial charge in [0.1, 0.15) is 18.1 Å². The van der Waals surface area contributed by atoms with Crippen LogP contribution in [0.2, 0.25) is 0 Å². The van der Waals surface area contributed by atoms with Gasteiger partial charge in [0.25, 0.3) is 0 Å². The number of rotatable bonds is 6. The maximum Gasteiger partial charge on any atom is 0.119 e. The number of hydrogen-bond acceptors (Lipinski definition) is 4. The molecular weight excluding hydrogens is 386 g/mol. The van der Waals surface area contributed by atoms with Crippen molar-refractivity contribution in [3.05, 3.63) is 97.1 Å². The molecule has 31 heavy (non-hydrogen) atoms. The minimum atomic E-state index is 0.210. The molecule has 152 valence electrons. The van der Waals surface area contributed by atoms with Crippen LogP contribution in [-0.2, 0) is 6.54 Å². The van der Waals surface area contributed by atoms with E-state index in [1.165, 1.54) is 21.8 Å². The molecule has 0 aliphatic rings. The average Bonchev–Trinajstić information content (AvgIpc) is 3.14. The SMILES string of the molecule is Oc1ccc(/N=N/c2ccc(OCCn3c4ccccc4c4ccccc43)cc2)cc1. The lowest BCUT2D eigenvalue weighted by atomic mass is 10.2. The molecule has 0 aliphatic carbocycles. The maximum absolute atomic E-state index is 9.32. The zero-order valence-corrected chi connectivity index (χ0v) is 16.8. The van der Waals surface area contributed by atoms with E-state index >= 15 is 0 Å². The molecule has 0 atom stereocenters. The van der Waals surface area contributed by atoms with Crippen molar-refractivity contribution in [2.24, 2.45) is 10.2 Å². The lowest BCUT2D eigenvalue weighted by Gasteiger charge is -2.10. The lowest BCUT2D eigenvalue weighted by molar-refractivity contribution is 0.302. The van der Waals surface area contributed by atoms with Gasteiger partial charge in [-0.3, -0.25) is 0 Å². The van der Waals surface area contributed by atoms with Crippen molar-refractivity contribution in [2.45, 2.75) is 6.54 Å². The zero-order chi connectivity index (χ0) is 21.0. The molecule has 4 aromatic carbocycles. The van der Waals surface area contributed by atoms with Gasteiger partial charge in [0.2, 0.25) is 0 Å². The summed E-state index contributed by atoms with van der Waals surface area (Å²) in [7, 11) is 0. The first kappa shape index (κ1) is 18.9. The molecule has 0 saturated heterocycles. The van der Waals surface area contributed by atoms with Crippen molar-refractivity contribution in [1.29, 1.82) is 0 Å². The smallest absolute Gasteiger partial charge is 0.119 e. The quantitative estimate of drug-likeness (QED) is 0.308. The molecule has 0 saturated carbocycles. The Kier molecular flexibility index (Phi) is 5.07. The molecule has 0 radical (unpaired) electrons. The molecule has 1 aromatic heterocycles. The summed E-state index contributed by atoms with van der Waals surface area (Å²) in [4.78, 5) is 0. The molecule has 0 unspecified atom stereocenters. The predicted molar refractivity (Wildman–Crippen MR) is 124 cm³/mol. The highest BCUT2D eigenvalue weighted by atomic mass is 16.5. The lowest BCUT2D eigenvalue weighted by Crippen LogP contribution is -2.07. The molecule has 1 heterocycles.